The van der Waals surface area contributed by atoms with Gasteiger partial charge in [-0.05, 0) is 45.6 Å². The lowest BCUT2D eigenvalue weighted by Crippen LogP contribution is -2.48. The van der Waals surface area contributed by atoms with Crippen molar-refractivity contribution in [1.82, 2.24) is 10.2 Å². The van der Waals surface area contributed by atoms with Gasteiger partial charge in [0.2, 0.25) is 0 Å². The largest absolute Gasteiger partial charge is 0.444 e. The van der Waals surface area contributed by atoms with E-state index in [0.29, 0.717) is 19.0 Å². The Morgan fingerprint density at radius 3 is 2.55 bits per heavy atom. The Hall–Kier alpha value is -0.810. The molecule has 1 rings (SSSR count). The molecule has 1 amide bonds. The molecule has 0 aromatic rings. The molecule has 5 heteroatoms. The third-order valence-corrected chi connectivity index (χ3v) is 3.87. The highest BCUT2D eigenvalue weighted by Crippen LogP contribution is 2.24. The van der Waals surface area contributed by atoms with Crippen LogP contribution in [0.2, 0.25) is 0 Å². The van der Waals surface area contributed by atoms with Crippen LogP contribution in [0.25, 0.3) is 0 Å². The fourth-order valence-corrected chi connectivity index (χ4v) is 2.57. The minimum absolute atomic E-state index is 0.200. The first kappa shape index (κ1) is 17.2. The second-order valence-electron chi connectivity index (χ2n) is 7.06. The number of nitrogens with one attached hydrogen (secondary N) is 1. The summed E-state index contributed by atoms with van der Waals surface area (Å²) in [6, 6.07) is 0.200. The second kappa shape index (κ2) is 7.27. The normalized spacial score (nSPS) is 22.1. The molecule has 0 aromatic carbocycles. The van der Waals surface area contributed by atoms with E-state index in [1.807, 2.05) is 20.8 Å². The molecule has 1 aliphatic rings. The maximum Gasteiger partial charge on any atom is 0.407 e. The van der Waals surface area contributed by atoms with Crippen LogP contribution in [0.3, 0.4) is 0 Å². The Morgan fingerprint density at radius 2 is 2.10 bits per heavy atom. The monoisotopic (exact) mass is 285 g/mol. The fourth-order valence-electron chi connectivity index (χ4n) is 2.57. The first-order valence-electron chi connectivity index (χ1n) is 7.64. The number of nitrogens with zero attached hydrogens (tertiary/aromatic N) is 1. The quantitative estimate of drug-likeness (QED) is 0.808. The van der Waals surface area contributed by atoms with Gasteiger partial charge in [-0.1, -0.05) is 13.8 Å². The summed E-state index contributed by atoms with van der Waals surface area (Å²) >= 11 is 0. The van der Waals surface area contributed by atoms with Crippen LogP contribution in [-0.2, 0) is 4.74 Å². The molecule has 1 fully saturated rings. The molecule has 118 valence electrons. The Bertz CT molecular complexity index is 313. The maximum absolute atomic E-state index is 11.7. The number of carbonyl (C=O) groups is 1. The summed E-state index contributed by atoms with van der Waals surface area (Å²) in [6.45, 7) is 13.4. The molecule has 1 aliphatic heterocycles. The van der Waals surface area contributed by atoms with Crippen LogP contribution in [0.15, 0.2) is 0 Å². The van der Waals surface area contributed by atoms with Gasteiger partial charge in [-0.3, -0.25) is 4.90 Å². The summed E-state index contributed by atoms with van der Waals surface area (Å²) in [6.07, 6.45) is 0.858. The summed E-state index contributed by atoms with van der Waals surface area (Å²) in [4.78, 5) is 14.1. The van der Waals surface area contributed by atoms with Crippen LogP contribution in [0.1, 0.15) is 41.0 Å². The van der Waals surface area contributed by atoms with E-state index >= 15 is 0 Å². The lowest BCUT2D eigenvalue weighted by molar-refractivity contribution is 0.0511. The van der Waals surface area contributed by atoms with Crippen LogP contribution in [0, 0.1) is 11.8 Å². The van der Waals surface area contributed by atoms with Crippen molar-refractivity contribution in [3.8, 4) is 0 Å². The number of nitrogens with two attached hydrogens (primary N) is 1. The summed E-state index contributed by atoms with van der Waals surface area (Å²) in [7, 11) is 0. The number of rotatable bonds is 5. The number of alkyl carbamates (subject to hydrolysis) is 1. The van der Waals surface area contributed by atoms with E-state index in [4.69, 9.17) is 10.5 Å². The summed E-state index contributed by atoms with van der Waals surface area (Å²) < 4.78 is 5.25. The molecular formula is C15H31N3O2. The van der Waals surface area contributed by atoms with E-state index in [1.165, 1.54) is 6.42 Å². The van der Waals surface area contributed by atoms with Gasteiger partial charge in [0.1, 0.15) is 5.60 Å². The van der Waals surface area contributed by atoms with Crippen molar-refractivity contribution in [3.63, 3.8) is 0 Å². The molecule has 1 saturated heterocycles. The molecule has 20 heavy (non-hydrogen) atoms. The molecule has 3 N–H and O–H groups in total. The van der Waals surface area contributed by atoms with Crippen LogP contribution < -0.4 is 11.1 Å². The van der Waals surface area contributed by atoms with E-state index in [-0.39, 0.29) is 12.1 Å². The van der Waals surface area contributed by atoms with Crippen molar-refractivity contribution in [2.75, 3.05) is 26.2 Å². The van der Waals surface area contributed by atoms with Crippen molar-refractivity contribution in [1.29, 1.82) is 0 Å². The van der Waals surface area contributed by atoms with Crippen molar-refractivity contribution in [2.24, 2.45) is 17.6 Å². The van der Waals surface area contributed by atoms with Gasteiger partial charge < -0.3 is 15.8 Å². The Balaban J connectivity index is 2.39. The second-order valence-corrected chi connectivity index (χ2v) is 7.06. The molecule has 0 spiro atoms. The topological polar surface area (TPSA) is 67.6 Å². The van der Waals surface area contributed by atoms with Gasteiger partial charge >= 0.3 is 6.09 Å². The highest BCUT2D eigenvalue weighted by atomic mass is 16.6. The molecule has 2 atom stereocenters. The number of ether oxygens (including phenoxy) is 1. The molecule has 0 saturated carbocycles. The van der Waals surface area contributed by atoms with Gasteiger partial charge in [-0.2, -0.15) is 0 Å². The van der Waals surface area contributed by atoms with Crippen molar-refractivity contribution >= 4 is 6.09 Å². The molecular weight excluding hydrogens is 254 g/mol. The van der Waals surface area contributed by atoms with Gasteiger partial charge in [-0.25, -0.2) is 4.79 Å². The molecule has 1 heterocycles. The van der Waals surface area contributed by atoms with E-state index in [2.05, 4.69) is 24.1 Å². The third kappa shape index (κ3) is 5.67. The van der Waals surface area contributed by atoms with Gasteiger partial charge in [0.15, 0.2) is 0 Å². The zero-order valence-electron chi connectivity index (χ0n) is 13.6. The van der Waals surface area contributed by atoms with Crippen LogP contribution >= 0.6 is 0 Å². The zero-order chi connectivity index (χ0) is 15.3. The lowest BCUT2D eigenvalue weighted by Gasteiger charge is -2.28. The van der Waals surface area contributed by atoms with E-state index < -0.39 is 5.60 Å². The van der Waals surface area contributed by atoms with Gasteiger partial charge in [0, 0.05) is 25.7 Å². The first-order valence-corrected chi connectivity index (χ1v) is 7.64. The number of hydrogen-bond donors (Lipinski definition) is 2. The van der Waals surface area contributed by atoms with Crippen LogP contribution in [-0.4, -0.2) is 48.8 Å². The highest BCUT2D eigenvalue weighted by Gasteiger charge is 2.29. The lowest BCUT2D eigenvalue weighted by atomic mass is 9.95. The van der Waals surface area contributed by atoms with E-state index in [9.17, 15) is 4.79 Å². The van der Waals surface area contributed by atoms with Gasteiger partial charge in [-0.15, -0.1) is 0 Å². The van der Waals surface area contributed by atoms with Crippen molar-refractivity contribution in [2.45, 2.75) is 52.7 Å². The maximum atomic E-state index is 11.7. The van der Waals surface area contributed by atoms with E-state index in [1.54, 1.807) is 0 Å². The van der Waals surface area contributed by atoms with Crippen molar-refractivity contribution in [3.05, 3.63) is 0 Å². The van der Waals surface area contributed by atoms with Crippen molar-refractivity contribution < 1.29 is 9.53 Å². The standard InChI is InChI=1S/C15H31N3O2/c1-11(2)12-6-7-18(10-12)13(8-16)9-17-14(19)20-15(3,4)5/h11-13H,6-10,16H2,1-5H3,(H,17,19). The fraction of sp³-hybridized carbons (Fsp3) is 0.933. The predicted molar refractivity (Wildman–Crippen MR) is 81.6 cm³/mol. The Labute approximate surface area is 123 Å². The highest BCUT2D eigenvalue weighted by molar-refractivity contribution is 5.67. The Morgan fingerprint density at radius 1 is 1.45 bits per heavy atom. The van der Waals surface area contributed by atoms with Crippen LogP contribution in [0.5, 0.6) is 0 Å². The number of carbonyl (C=O) groups excluding carboxylic acids is 1. The van der Waals surface area contributed by atoms with E-state index in [0.717, 1.165) is 19.0 Å². The molecule has 0 aromatic heterocycles. The SMILES string of the molecule is CC(C)C1CCN(C(CN)CNC(=O)OC(C)(C)C)C1. The minimum atomic E-state index is -0.460. The predicted octanol–water partition coefficient (Wildman–Crippen LogP) is 1.82. The minimum Gasteiger partial charge on any atom is -0.444 e. The van der Waals surface area contributed by atoms with Gasteiger partial charge in [0.25, 0.3) is 0 Å². The smallest absolute Gasteiger partial charge is 0.407 e. The molecule has 0 radical (unpaired) electrons. The number of likely N-dealkylation sites (tertiary alicyclic amines) is 1. The van der Waals surface area contributed by atoms with Crippen LogP contribution in [0.4, 0.5) is 4.79 Å². The molecule has 2 unspecified atom stereocenters. The summed E-state index contributed by atoms with van der Waals surface area (Å²) in [5.74, 6) is 1.45. The molecule has 0 aliphatic carbocycles. The summed E-state index contributed by atoms with van der Waals surface area (Å²) in [5.41, 5.74) is 5.39. The zero-order valence-corrected chi connectivity index (χ0v) is 13.6. The molecule has 5 nitrogen and oxygen atoms in total. The first-order chi connectivity index (χ1) is 9.23. The average Bonchev–Trinajstić information content (AvgIpc) is 2.77. The number of amides is 1. The Kier molecular flexibility index (Phi) is 6.27. The molecule has 0 bridgehead atoms. The third-order valence-electron chi connectivity index (χ3n) is 3.87. The van der Waals surface area contributed by atoms with Gasteiger partial charge in [0.05, 0.1) is 0 Å². The number of hydrogen-bond acceptors (Lipinski definition) is 4. The summed E-state index contributed by atoms with van der Waals surface area (Å²) in [5, 5.41) is 2.83. The average molecular weight is 285 g/mol.